The van der Waals surface area contributed by atoms with Crippen LogP contribution in [0.25, 0.3) is 0 Å². The van der Waals surface area contributed by atoms with Crippen LogP contribution in [0.1, 0.15) is 40.5 Å². The van der Waals surface area contributed by atoms with Gasteiger partial charge in [0.25, 0.3) is 0 Å². The molecule has 0 aliphatic carbocycles. The molecule has 0 unspecified atom stereocenters. The number of nitrogens with zero attached hydrogens (tertiary/aromatic N) is 1. The lowest BCUT2D eigenvalue weighted by Crippen LogP contribution is -2.44. The Balaban J connectivity index is 2.86. The van der Waals surface area contributed by atoms with Crippen molar-refractivity contribution in [3.05, 3.63) is 0 Å². The standard InChI is InChI=1S/C12H21NO3/c1-5-12(4)9(8-10(14)16-12)11(15)13(6-2)7-3/h9H,5-8H2,1-4H3/t9-,12-/m0/s1. The molecule has 1 rings (SSSR count). The maximum atomic E-state index is 12.2. The van der Waals surface area contributed by atoms with E-state index in [1.165, 1.54) is 0 Å². The molecule has 92 valence electrons. The molecule has 0 bridgehead atoms. The topological polar surface area (TPSA) is 46.6 Å². The molecule has 0 aromatic heterocycles. The van der Waals surface area contributed by atoms with Gasteiger partial charge in [-0.2, -0.15) is 0 Å². The van der Waals surface area contributed by atoms with Gasteiger partial charge in [0, 0.05) is 13.1 Å². The predicted octanol–water partition coefficient (Wildman–Crippen LogP) is 1.59. The molecular formula is C12H21NO3. The van der Waals surface area contributed by atoms with Crippen molar-refractivity contribution in [2.24, 2.45) is 5.92 Å². The first kappa shape index (κ1) is 13.0. The molecule has 1 amide bonds. The zero-order chi connectivity index (χ0) is 12.3. The number of hydrogen-bond donors (Lipinski definition) is 0. The Morgan fingerprint density at radius 2 is 2.00 bits per heavy atom. The highest BCUT2D eigenvalue weighted by Gasteiger charge is 2.49. The summed E-state index contributed by atoms with van der Waals surface area (Å²) in [5, 5.41) is 0. The van der Waals surface area contributed by atoms with Crippen molar-refractivity contribution in [1.29, 1.82) is 0 Å². The van der Waals surface area contributed by atoms with Gasteiger partial charge in [-0.1, -0.05) is 6.92 Å². The lowest BCUT2D eigenvalue weighted by Gasteiger charge is -2.31. The van der Waals surface area contributed by atoms with E-state index >= 15 is 0 Å². The first-order chi connectivity index (χ1) is 7.48. The number of ether oxygens (including phenoxy) is 1. The fourth-order valence-electron chi connectivity index (χ4n) is 2.18. The van der Waals surface area contributed by atoms with Crippen LogP contribution in [0.3, 0.4) is 0 Å². The number of carbonyl (C=O) groups is 2. The Morgan fingerprint density at radius 1 is 1.44 bits per heavy atom. The molecule has 1 aliphatic heterocycles. The van der Waals surface area contributed by atoms with E-state index in [2.05, 4.69) is 0 Å². The average Bonchev–Trinajstić information content (AvgIpc) is 2.56. The van der Waals surface area contributed by atoms with Crippen LogP contribution in [-0.4, -0.2) is 35.5 Å². The molecule has 1 saturated heterocycles. The zero-order valence-electron chi connectivity index (χ0n) is 10.6. The zero-order valence-corrected chi connectivity index (χ0v) is 10.6. The number of carbonyl (C=O) groups excluding carboxylic acids is 2. The van der Waals surface area contributed by atoms with Gasteiger partial charge in [-0.05, 0) is 27.2 Å². The minimum atomic E-state index is -0.614. The third-order valence-electron chi connectivity index (χ3n) is 3.53. The second-order valence-electron chi connectivity index (χ2n) is 4.41. The summed E-state index contributed by atoms with van der Waals surface area (Å²) in [4.78, 5) is 25.3. The van der Waals surface area contributed by atoms with Crippen LogP contribution >= 0.6 is 0 Å². The molecule has 4 nitrogen and oxygen atoms in total. The summed E-state index contributed by atoms with van der Waals surface area (Å²) in [5.74, 6) is -0.528. The largest absolute Gasteiger partial charge is 0.458 e. The number of amides is 1. The quantitative estimate of drug-likeness (QED) is 0.685. The molecule has 1 aliphatic rings. The van der Waals surface area contributed by atoms with Gasteiger partial charge in [0.15, 0.2) is 0 Å². The van der Waals surface area contributed by atoms with Gasteiger partial charge in [-0.15, -0.1) is 0 Å². The molecule has 0 aromatic carbocycles. The normalized spacial score (nSPS) is 29.0. The van der Waals surface area contributed by atoms with Gasteiger partial charge in [0.2, 0.25) is 5.91 Å². The molecule has 0 spiro atoms. The molecule has 1 fully saturated rings. The Labute approximate surface area is 96.9 Å². The van der Waals surface area contributed by atoms with E-state index in [0.29, 0.717) is 19.5 Å². The Hall–Kier alpha value is -1.06. The number of cyclic esters (lactones) is 1. The van der Waals surface area contributed by atoms with Crippen molar-refractivity contribution in [1.82, 2.24) is 4.90 Å². The van der Waals surface area contributed by atoms with Gasteiger partial charge in [-0.25, -0.2) is 0 Å². The van der Waals surface area contributed by atoms with Crippen molar-refractivity contribution in [2.45, 2.75) is 46.1 Å². The van der Waals surface area contributed by atoms with Gasteiger partial charge in [-0.3, -0.25) is 9.59 Å². The van der Waals surface area contributed by atoms with Crippen LogP contribution in [0.2, 0.25) is 0 Å². The molecule has 16 heavy (non-hydrogen) atoms. The first-order valence-corrected chi connectivity index (χ1v) is 5.99. The van der Waals surface area contributed by atoms with Gasteiger partial charge in [0.05, 0.1) is 12.3 Å². The van der Waals surface area contributed by atoms with E-state index in [9.17, 15) is 9.59 Å². The van der Waals surface area contributed by atoms with Crippen LogP contribution < -0.4 is 0 Å². The fourth-order valence-corrected chi connectivity index (χ4v) is 2.18. The summed E-state index contributed by atoms with van der Waals surface area (Å²) in [6, 6.07) is 0. The third-order valence-corrected chi connectivity index (χ3v) is 3.53. The van der Waals surface area contributed by atoms with Gasteiger partial charge in [0.1, 0.15) is 5.60 Å². The summed E-state index contributed by atoms with van der Waals surface area (Å²) >= 11 is 0. The fraction of sp³-hybridized carbons (Fsp3) is 0.833. The Bertz CT molecular complexity index is 286. The van der Waals surface area contributed by atoms with E-state index in [1.807, 2.05) is 27.7 Å². The highest BCUT2D eigenvalue weighted by Crippen LogP contribution is 2.36. The second kappa shape index (κ2) is 4.85. The van der Waals surface area contributed by atoms with Crippen LogP contribution in [0, 0.1) is 5.92 Å². The molecule has 0 N–H and O–H groups in total. The van der Waals surface area contributed by atoms with Gasteiger partial charge < -0.3 is 9.64 Å². The summed E-state index contributed by atoms with van der Waals surface area (Å²) in [5.41, 5.74) is -0.614. The van der Waals surface area contributed by atoms with Crippen molar-refractivity contribution < 1.29 is 14.3 Å². The summed E-state index contributed by atoms with van der Waals surface area (Å²) in [6.07, 6.45) is 0.899. The van der Waals surface area contributed by atoms with E-state index in [-0.39, 0.29) is 24.2 Å². The third kappa shape index (κ3) is 2.20. The highest BCUT2D eigenvalue weighted by molar-refractivity contribution is 5.87. The van der Waals surface area contributed by atoms with Crippen molar-refractivity contribution >= 4 is 11.9 Å². The lowest BCUT2D eigenvalue weighted by molar-refractivity contribution is -0.150. The maximum Gasteiger partial charge on any atom is 0.307 e. The Kier molecular flexibility index (Phi) is 3.94. The van der Waals surface area contributed by atoms with Crippen molar-refractivity contribution in [2.75, 3.05) is 13.1 Å². The second-order valence-corrected chi connectivity index (χ2v) is 4.41. The first-order valence-electron chi connectivity index (χ1n) is 5.99. The highest BCUT2D eigenvalue weighted by atomic mass is 16.6. The van der Waals surface area contributed by atoms with E-state index < -0.39 is 5.60 Å². The number of hydrogen-bond acceptors (Lipinski definition) is 3. The number of rotatable bonds is 4. The van der Waals surface area contributed by atoms with E-state index in [0.717, 1.165) is 0 Å². The van der Waals surface area contributed by atoms with Gasteiger partial charge >= 0.3 is 5.97 Å². The van der Waals surface area contributed by atoms with Crippen LogP contribution in [0.15, 0.2) is 0 Å². The molecule has 0 aromatic rings. The smallest absolute Gasteiger partial charge is 0.307 e. The van der Waals surface area contributed by atoms with Crippen molar-refractivity contribution in [3.8, 4) is 0 Å². The predicted molar refractivity (Wildman–Crippen MR) is 60.8 cm³/mol. The van der Waals surface area contributed by atoms with Crippen LogP contribution in [-0.2, 0) is 14.3 Å². The van der Waals surface area contributed by atoms with Crippen molar-refractivity contribution in [3.63, 3.8) is 0 Å². The SMILES string of the molecule is CCN(CC)C(=O)[C@@H]1CC(=O)O[C@@]1(C)CC. The summed E-state index contributed by atoms with van der Waals surface area (Å²) in [6.45, 7) is 9.05. The average molecular weight is 227 g/mol. The van der Waals surface area contributed by atoms with E-state index in [1.54, 1.807) is 4.90 Å². The van der Waals surface area contributed by atoms with Crippen LogP contribution in [0.5, 0.6) is 0 Å². The lowest BCUT2D eigenvalue weighted by atomic mass is 9.85. The molecular weight excluding hydrogens is 206 g/mol. The maximum absolute atomic E-state index is 12.2. The molecule has 2 atom stereocenters. The minimum absolute atomic E-state index is 0.0419. The summed E-state index contributed by atoms with van der Waals surface area (Å²) in [7, 11) is 0. The molecule has 1 heterocycles. The van der Waals surface area contributed by atoms with Crippen LogP contribution in [0.4, 0.5) is 0 Å². The summed E-state index contributed by atoms with van der Waals surface area (Å²) < 4.78 is 5.28. The molecule has 0 saturated carbocycles. The Morgan fingerprint density at radius 3 is 2.44 bits per heavy atom. The number of esters is 1. The molecule has 4 heteroatoms. The monoisotopic (exact) mass is 227 g/mol. The van der Waals surface area contributed by atoms with E-state index in [4.69, 9.17) is 4.74 Å². The minimum Gasteiger partial charge on any atom is -0.458 e. The molecule has 0 radical (unpaired) electrons.